The Balaban J connectivity index is 2.17. The van der Waals surface area contributed by atoms with Crippen LogP contribution in [0.4, 0.5) is 4.79 Å². The predicted octanol–water partition coefficient (Wildman–Crippen LogP) is 6.69. The number of azide groups is 1. The first kappa shape index (κ1) is 45.3. The van der Waals surface area contributed by atoms with Crippen LogP contribution in [0.1, 0.15) is 94.4 Å². The van der Waals surface area contributed by atoms with Crippen LogP contribution >= 0.6 is 11.8 Å². The number of Topliss-reactive ketones (excluding diaryl/α,β-unsaturated/α-hetero) is 1. The number of unbranched alkanes of at least 4 members (excludes halogenated alkanes) is 1. The molecule has 3 heterocycles. The second-order valence-corrected chi connectivity index (χ2v) is 17.0. The van der Waals surface area contributed by atoms with Gasteiger partial charge in [0, 0.05) is 54.8 Å². The molecule has 0 aliphatic carbocycles. The van der Waals surface area contributed by atoms with E-state index in [0.717, 1.165) is 6.42 Å². The SMILES string of the molecule is CC[C@H]1OC(=O)[C@H](C)[C@@H](OCSC)[C@H](C)[C@@H](OC2O[C@H](C)C[C@H](N(C)C)C2C)[C@@](C)(OC)C[C@@H](C)C(=O)[C@H](C)[C@H]2N(CCCCN=[N+]=[N-])C(=O)O[C@]12C. The molecule has 3 fully saturated rings. The van der Waals surface area contributed by atoms with Crippen LogP contribution in [0.25, 0.3) is 10.4 Å². The molecule has 1 amide bonds. The Morgan fingerprint density at radius 2 is 1.74 bits per heavy atom. The van der Waals surface area contributed by atoms with E-state index in [1.165, 1.54) is 11.8 Å². The van der Waals surface area contributed by atoms with Gasteiger partial charge in [0.25, 0.3) is 0 Å². The second-order valence-electron chi connectivity index (χ2n) is 16.2. The average molecular weight is 770 g/mol. The highest BCUT2D eigenvalue weighted by atomic mass is 32.2. The molecular formula is C38H67N5O9S. The maximum absolute atomic E-state index is 14.7. The topological polar surface area (TPSA) is 162 Å². The number of esters is 1. The van der Waals surface area contributed by atoms with Crippen molar-refractivity contribution in [3.63, 3.8) is 0 Å². The van der Waals surface area contributed by atoms with Gasteiger partial charge in [-0.25, -0.2) is 4.79 Å². The molecule has 0 aromatic carbocycles. The van der Waals surface area contributed by atoms with E-state index in [-0.39, 0.29) is 36.9 Å². The Bertz CT molecular complexity index is 1290. The van der Waals surface area contributed by atoms with Crippen LogP contribution in [-0.4, -0.2) is 128 Å². The lowest BCUT2D eigenvalue weighted by Gasteiger charge is -2.49. The third kappa shape index (κ3) is 10.2. The van der Waals surface area contributed by atoms with E-state index in [4.69, 9.17) is 34.0 Å². The molecule has 0 saturated carbocycles. The first-order valence-corrected chi connectivity index (χ1v) is 20.7. The number of rotatable bonds is 13. The van der Waals surface area contributed by atoms with E-state index in [0.29, 0.717) is 31.6 Å². The summed E-state index contributed by atoms with van der Waals surface area (Å²) in [4.78, 5) is 49.2. The molecular weight excluding hydrogens is 703 g/mol. The van der Waals surface area contributed by atoms with Gasteiger partial charge in [-0.2, -0.15) is 0 Å². The molecule has 3 saturated heterocycles. The van der Waals surface area contributed by atoms with Crippen molar-refractivity contribution in [1.29, 1.82) is 0 Å². The van der Waals surface area contributed by atoms with Crippen molar-refractivity contribution in [3.8, 4) is 0 Å². The van der Waals surface area contributed by atoms with Crippen molar-refractivity contribution in [2.24, 2.45) is 34.7 Å². The summed E-state index contributed by atoms with van der Waals surface area (Å²) in [5.41, 5.74) is 6.37. The summed E-state index contributed by atoms with van der Waals surface area (Å²) in [6.07, 6.45) is 1.14. The summed E-state index contributed by atoms with van der Waals surface area (Å²) >= 11 is 1.50. The fraction of sp³-hybridized carbons (Fsp3) is 0.921. The molecule has 14 atom stereocenters. The molecule has 0 spiro atoms. The van der Waals surface area contributed by atoms with Gasteiger partial charge in [-0.3, -0.25) is 9.59 Å². The Hall–Kier alpha value is -2.13. The maximum Gasteiger partial charge on any atom is 0.410 e. The summed E-state index contributed by atoms with van der Waals surface area (Å²) < 4.78 is 38.9. The predicted molar refractivity (Wildman–Crippen MR) is 204 cm³/mol. The summed E-state index contributed by atoms with van der Waals surface area (Å²) in [6.45, 7) is 17.9. The lowest BCUT2D eigenvalue weighted by Crippen LogP contribution is -2.60. The minimum absolute atomic E-state index is 0.00946. The number of carbonyl (C=O) groups excluding carboxylic acids is 3. The highest BCUT2D eigenvalue weighted by Gasteiger charge is 2.60. The van der Waals surface area contributed by atoms with Crippen molar-refractivity contribution in [2.45, 2.75) is 148 Å². The molecule has 3 rings (SSSR count). The van der Waals surface area contributed by atoms with Crippen LogP contribution in [-0.2, 0) is 38.0 Å². The van der Waals surface area contributed by atoms with E-state index in [2.05, 4.69) is 42.9 Å². The standard InChI is InChI=1S/C38H67N5O9S/c1-14-29-38(9)32(43(36(46)52-38)18-16-15-17-40-41-39)25(5)30(44)22(2)20-37(8,47-12)33(26(6)31(48-21-53-13)27(7)34(45)50-29)51-35-24(4)28(42(10)11)19-23(3)49-35/h22-29,31-33,35H,14-21H2,1-13H3/t22-,23-,24?,25+,26+,27-,28+,29-,31+,32-,33-,35?,37+,38-/m1/s1. The van der Waals surface area contributed by atoms with Crippen LogP contribution in [0.3, 0.4) is 0 Å². The summed E-state index contributed by atoms with van der Waals surface area (Å²) in [7, 11) is 5.76. The number of cyclic esters (lactones) is 1. The summed E-state index contributed by atoms with van der Waals surface area (Å²) in [6, 6.07) is -0.520. The highest BCUT2D eigenvalue weighted by Crippen LogP contribution is 2.44. The molecule has 0 radical (unpaired) electrons. The smallest absolute Gasteiger partial charge is 0.410 e. The summed E-state index contributed by atoms with van der Waals surface area (Å²) in [5.74, 6) is -2.60. The van der Waals surface area contributed by atoms with Gasteiger partial charge in [-0.05, 0) is 85.7 Å². The van der Waals surface area contributed by atoms with E-state index < -0.39 is 77.6 Å². The van der Waals surface area contributed by atoms with Crippen LogP contribution in [0.5, 0.6) is 0 Å². The molecule has 0 aromatic heterocycles. The van der Waals surface area contributed by atoms with Gasteiger partial charge in [0.15, 0.2) is 11.9 Å². The van der Waals surface area contributed by atoms with Crippen LogP contribution in [0.15, 0.2) is 5.11 Å². The molecule has 0 aromatic rings. The first-order valence-electron chi connectivity index (χ1n) is 19.3. The molecule has 3 aliphatic rings. The van der Waals surface area contributed by atoms with Gasteiger partial charge in [0.05, 0.1) is 41.8 Å². The number of ether oxygens (including phenoxy) is 6. The Kier molecular flexibility index (Phi) is 16.8. The highest BCUT2D eigenvalue weighted by molar-refractivity contribution is 7.98. The minimum Gasteiger partial charge on any atom is -0.458 e. The first-order chi connectivity index (χ1) is 24.9. The number of hydrogen-bond donors (Lipinski definition) is 0. The molecule has 14 nitrogen and oxygen atoms in total. The number of ketones is 1. The minimum atomic E-state index is -1.32. The molecule has 304 valence electrons. The van der Waals surface area contributed by atoms with Gasteiger partial charge in [-0.15, -0.1) is 11.8 Å². The molecule has 53 heavy (non-hydrogen) atoms. The van der Waals surface area contributed by atoms with E-state index in [1.54, 1.807) is 25.9 Å². The van der Waals surface area contributed by atoms with Crippen LogP contribution < -0.4 is 0 Å². The number of methoxy groups -OCH3 is 1. The molecule has 0 N–H and O–H groups in total. The maximum atomic E-state index is 14.7. The number of thioether (sulfide) groups is 1. The Morgan fingerprint density at radius 3 is 2.32 bits per heavy atom. The van der Waals surface area contributed by atoms with Gasteiger partial charge in [0.1, 0.15) is 11.9 Å². The zero-order chi connectivity index (χ0) is 39.8. The van der Waals surface area contributed by atoms with Gasteiger partial charge in [0.2, 0.25) is 0 Å². The van der Waals surface area contributed by atoms with Crippen LogP contribution in [0, 0.1) is 29.6 Å². The van der Waals surface area contributed by atoms with Crippen LogP contribution in [0.2, 0.25) is 0 Å². The van der Waals surface area contributed by atoms with E-state index >= 15 is 0 Å². The number of fused-ring (bicyclic) bond motifs is 1. The van der Waals surface area contributed by atoms with Gasteiger partial charge in [-0.1, -0.05) is 39.7 Å². The quantitative estimate of drug-likeness (QED) is 0.0490. The number of carbonyl (C=O) groups is 3. The fourth-order valence-electron chi connectivity index (χ4n) is 9.13. The molecule has 2 unspecified atom stereocenters. The zero-order valence-corrected chi connectivity index (χ0v) is 35.2. The Morgan fingerprint density at radius 1 is 1.06 bits per heavy atom. The van der Waals surface area contributed by atoms with E-state index in [1.807, 2.05) is 40.9 Å². The molecule has 15 heteroatoms. The number of nitrogens with zero attached hydrogens (tertiary/aromatic N) is 5. The fourth-order valence-corrected chi connectivity index (χ4v) is 9.42. The third-order valence-corrected chi connectivity index (χ3v) is 12.4. The van der Waals surface area contributed by atoms with Crippen molar-refractivity contribution in [2.75, 3.05) is 46.5 Å². The molecule has 3 aliphatic heterocycles. The van der Waals surface area contributed by atoms with Gasteiger partial charge < -0.3 is 38.2 Å². The Labute approximate surface area is 321 Å². The lowest BCUT2D eigenvalue weighted by atomic mass is 9.73. The number of hydrogen-bond acceptors (Lipinski definition) is 12. The van der Waals surface area contributed by atoms with Crippen molar-refractivity contribution >= 4 is 29.6 Å². The second kappa shape index (κ2) is 19.6. The van der Waals surface area contributed by atoms with E-state index in [9.17, 15) is 14.4 Å². The van der Waals surface area contributed by atoms with Crippen molar-refractivity contribution < 1.29 is 42.8 Å². The van der Waals surface area contributed by atoms with Gasteiger partial charge >= 0.3 is 12.1 Å². The summed E-state index contributed by atoms with van der Waals surface area (Å²) in [5, 5.41) is 3.62. The number of amides is 1. The largest absolute Gasteiger partial charge is 0.458 e. The lowest BCUT2D eigenvalue weighted by molar-refractivity contribution is -0.288. The monoisotopic (exact) mass is 769 g/mol. The molecule has 0 bridgehead atoms. The average Bonchev–Trinajstić information content (AvgIpc) is 3.37. The van der Waals surface area contributed by atoms with Crippen molar-refractivity contribution in [1.82, 2.24) is 9.80 Å². The third-order valence-electron chi connectivity index (χ3n) is 12.1. The zero-order valence-electron chi connectivity index (χ0n) is 34.4. The van der Waals surface area contributed by atoms with Crippen molar-refractivity contribution in [3.05, 3.63) is 10.4 Å². The normalized spacial score (nSPS) is 40.3.